The number of hydrogen-bond acceptors (Lipinski definition) is 9. The summed E-state index contributed by atoms with van der Waals surface area (Å²) >= 11 is 0. The highest BCUT2D eigenvalue weighted by Crippen LogP contribution is 2.31. The van der Waals surface area contributed by atoms with E-state index in [2.05, 4.69) is 9.97 Å². The number of pyridine rings is 1. The third-order valence-corrected chi connectivity index (χ3v) is 4.39. The van der Waals surface area contributed by atoms with Crippen LogP contribution in [0.2, 0.25) is 0 Å². The second-order valence-corrected chi connectivity index (χ2v) is 6.11. The predicted octanol–water partition coefficient (Wildman–Crippen LogP) is 0.316. The molecular formula is C15H20N6O4. The summed E-state index contributed by atoms with van der Waals surface area (Å²) in [6, 6.07) is 2.26. The molecular weight excluding hydrogens is 328 g/mol. The summed E-state index contributed by atoms with van der Waals surface area (Å²) in [6.45, 7) is 3.93. The average molecular weight is 348 g/mol. The number of hydrogen-bond donors (Lipinski definition) is 2. The van der Waals surface area contributed by atoms with E-state index in [0.717, 1.165) is 13.1 Å². The van der Waals surface area contributed by atoms with Crippen LogP contribution in [0.1, 0.15) is 6.42 Å². The van der Waals surface area contributed by atoms with Crippen molar-refractivity contribution in [2.45, 2.75) is 12.5 Å². The molecule has 134 valence electrons. The standard InChI is InChI=1S/C15H20N6O4/c16-10-7-11-12(19-15(25-11)20-3-5-23-6-4-20)18-13(10)21-2-1-9(8-21)24-14(17)22/h7,9H,1-6,8,16H2,(H2,17,22)/t9-/m1/s1. The van der Waals surface area contributed by atoms with Gasteiger partial charge < -0.3 is 35.2 Å². The molecule has 0 unspecified atom stereocenters. The van der Waals surface area contributed by atoms with Crippen LogP contribution in [0.3, 0.4) is 0 Å². The third kappa shape index (κ3) is 3.12. The molecule has 25 heavy (non-hydrogen) atoms. The van der Waals surface area contributed by atoms with E-state index in [1.54, 1.807) is 6.07 Å². The van der Waals surface area contributed by atoms with E-state index >= 15 is 0 Å². The van der Waals surface area contributed by atoms with E-state index in [-0.39, 0.29) is 6.10 Å². The lowest BCUT2D eigenvalue weighted by atomic mass is 10.3. The van der Waals surface area contributed by atoms with Gasteiger partial charge in [0.15, 0.2) is 11.4 Å². The number of nitrogens with two attached hydrogens (primary N) is 2. The second-order valence-electron chi connectivity index (χ2n) is 6.11. The van der Waals surface area contributed by atoms with Gasteiger partial charge in [-0.1, -0.05) is 0 Å². The molecule has 0 radical (unpaired) electrons. The maximum Gasteiger partial charge on any atom is 0.404 e. The number of oxazole rings is 1. The molecule has 4 rings (SSSR count). The molecule has 0 bridgehead atoms. The van der Waals surface area contributed by atoms with Crippen LogP contribution in [0.5, 0.6) is 0 Å². The fraction of sp³-hybridized carbons (Fsp3) is 0.533. The topological polar surface area (TPSA) is 133 Å². The lowest BCUT2D eigenvalue weighted by Crippen LogP contribution is -2.36. The van der Waals surface area contributed by atoms with Gasteiger partial charge in [0.2, 0.25) is 5.65 Å². The minimum absolute atomic E-state index is 0.254. The minimum Gasteiger partial charge on any atom is -0.444 e. The van der Waals surface area contributed by atoms with Crippen LogP contribution < -0.4 is 21.3 Å². The van der Waals surface area contributed by atoms with Gasteiger partial charge in [-0.15, -0.1) is 0 Å². The third-order valence-electron chi connectivity index (χ3n) is 4.39. The number of carbonyl (C=O) groups excluding carboxylic acids is 1. The summed E-state index contributed by atoms with van der Waals surface area (Å²) in [7, 11) is 0. The van der Waals surface area contributed by atoms with E-state index in [1.807, 2.05) is 9.80 Å². The predicted molar refractivity (Wildman–Crippen MR) is 90.5 cm³/mol. The quantitative estimate of drug-likeness (QED) is 0.804. The van der Waals surface area contributed by atoms with Crippen molar-refractivity contribution in [2.75, 3.05) is 54.9 Å². The fourth-order valence-electron chi connectivity index (χ4n) is 3.18. The zero-order chi connectivity index (χ0) is 17.4. The molecule has 4 heterocycles. The molecule has 2 aromatic heterocycles. The van der Waals surface area contributed by atoms with Gasteiger partial charge in [-0.25, -0.2) is 9.78 Å². The number of rotatable bonds is 3. The van der Waals surface area contributed by atoms with Crippen molar-refractivity contribution in [1.29, 1.82) is 0 Å². The van der Waals surface area contributed by atoms with Crippen LogP contribution in [-0.4, -0.2) is 61.6 Å². The van der Waals surface area contributed by atoms with Gasteiger partial charge in [0, 0.05) is 32.1 Å². The van der Waals surface area contributed by atoms with Crippen LogP contribution in [0.4, 0.5) is 22.3 Å². The Kier molecular flexibility index (Phi) is 3.96. The number of ether oxygens (including phenoxy) is 2. The second kappa shape index (κ2) is 6.28. The van der Waals surface area contributed by atoms with Crippen molar-refractivity contribution in [3.8, 4) is 0 Å². The Morgan fingerprint density at radius 1 is 1.24 bits per heavy atom. The Morgan fingerprint density at radius 2 is 2.04 bits per heavy atom. The Labute approximate surface area is 143 Å². The van der Waals surface area contributed by atoms with Gasteiger partial charge in [-0.3, -0.25) is 0 Å². The lowest BCUT2D eigenvalue weighted by molar-refractivity contribution is 0.117. The number of morpholine rings is 1. The SMILES string of the molecule is NC(=O)O[C@@H]1CCN(c2nc3nc(N4CCOCC4)oc3cc2N)C1. The number of anilines is 3. The summed E-state index contributed by atoms with van der Waals surface area (Å²) in [6.07, 6.45) is -0.342. The molecule has 0 aliphatic carbocycles. The first-order valence-electron chi connectivity index (χ1n) is 8.21. The van der Waals surface area contributed by atoms with E-state index in [9.17, 15) is 4.79 Å². The minimum atomic E-state index is -0.769. The Balaban J connectivity index is 1.58. The first-order chi connectivity index (χ1) is 12.1. The highest BCUT2D eigenvalue weighted by atomic mass is 16.6. The molecule has 0 saturated carbocycles. The smallest absolute Gasteiger partial charge is 0.404 e. The molecule has 1 atom stereocenters. The van der Waals surface area contributed by atoms with Gasteiger partial charge in [0.05, 0.1) is 25.4 Å². The van der Waals surface area contributed by atoms with Gasteiger partial charge >= 0.3 is 6.09 Å². The summed E-state index contributed by atoms with van der Waals surface area (Å²) in [5.41, 5.74) is 12.8. The molecule has 2 aliphatic heterocycles. The van der Waals surface area contributed by atoms with E-state index in [1.165, 1.54) is 0 Å². The van der Waals surface area contributed by atoms with Crippen molar-refractivity contribution >= 4 is 34.8 Å². The molecule has 2 aliphatic rings. The summed E-state index contributed by atoms with van der Waals surface area (Å²) in [4.78, 5) is 23.9. The molecule has 2 saturated heterocycles. The van der Waals surface area contributed by atoms with Crippen LogP contribution in [0.15, 0.2) is 10.5 Å². The highest BCUT2D eigenvalue weighted by molar-refractivity contribution is 5.80. The normalized spacial score (nSPS) is 21.0. The number of carbonyl (C=O) groups is 1. The maximum absolute atomic E-state index is 10.9. The first-order valence-corrected chi connectivity index (χ1v) is 8.21. The zero-order valence-corrected chi connectivity index (χ0v) is 13.7. The van der Waals surface area contributed by atoms with Gasteiger partial charge in [-0.05, 0) is 0 Å². The van der Waals surface area contributed by atoms with E-state index < -0.39 is 6.09 Å². The summed E-state index contributed by atoms with van der Waals surface area (Å²) in [5.74, 6) is 0.616. The molecule has 2 fully saturated rings. The van der Waals surface area contributed by atoms with Crippen LogP contribution in [0, 0.1) is 0 Å². The molecule has 4 N–H and O–H groups in total. The molecule has 0 aromatic carbocycles. The number of aromatic nitrogens is 2. The molecule has 10 nitrogen and oxygen atoms in total. The van der Waals surface area contributed by atoms with Gasteiger partial charge in [0.1, 0.15) is 6.10 Å². The molecule has 0 spiro atoms. The Bertz CT molecular complexity index is 788. The monoisotopic (exact) mass is 348 g/mol. The number of nitrogen functional groups attached to an aromatic ring is 1. The number of primary amides is 1. The maximum atomic E-state index is 10.9. The average Bonchev–Trinajstić information content (AvgIpc) is 3.20. The number of amides is 1. The summed E-state index contributed by atoms with van der Waals surface area (Å²) < 4.78 is 16.2. The Morgan fingerprint density at radius 3 is 2.80 bits per heavy atom. The van der Waals surface area contributed by atoms with Gasteiger partial charge in [0.25, 0.3) is 6.01 Å². The lowest BCUT2D eigenvalue weighted by Gasteiger charge is -2.24. The van der Waals surface area contributed by atoms with Crippen molar-refractivity contribution in [3.05, 3.63) is 6.07 Å². The Hall–Kier alpha value is -2.75. The van der Waals surface area contributed by atoms with Crippen molar-refractivity contribution in [1.82, 2.24) is 9.97 Å². The highest BCUT2D eigenvalue weighted by Gasteiger charge is 2.28. The van der Waals surface area contributed by atoms with Crippen LogP contribution in [0.25, 0.3) is 11.2 Å². The molecule has 2 aromatic rings. The number of fused-ring (bicyclic) bond motifs is 1. The van der Waals surface area contributed by atoms with E-state index in [4.69, 9.17) is 25.4 Å². The van der Waals surface area contributed by atoms with Crippen LogP contribution >= 0.6 is 0 Å². The number of nitrogens with zero attached hydrogens (tertiary/aromatic N) is 4. The van der Waals surface area contributed by atoms with Crippen molar-refractivity contribution in [3.63, 3.8) is 0 Å². The van der Waals surface area contributed by atoms with Crippen molar-refractivity contribution in [2.24, 2.45) is 5.73 Å². The summed E-state index contributed by atoms with van der Waals surface area (Å²) in [5, 5.41) is 0. The van der Waals surface area contributed by atoms with Gasteiger partial charge in [-0.2, -0.15) is 4.98 Å². The largest absolute Gasteiger partial charge is 0.444 e. The first kappa shape index (κ1) is 15.8. The van der Waals surface area contributed by atoms with Crippen molar-refractivity contribution < 1.29 is 18.7 Å². The van der Waals surface area contributed by atoms with E-state index in [0.29, 0.717) is 61.5 Å². The zero-order valence-electron chi connectivity index (χ0n) is 13.7. The molecule has 10 heteroatoms. The van der Waals surface area contributed by atoms with Crippen LogP contribution in [-0.2, 0) is 9.47 Å². The molecule has 1 amide bonds. The fourth-order valence-corrected chi connectivity index (χ4v) is 3.18.